The number of hydrogen-bond acceptors (Lipinski definition) is 3. The molecule has 0 radical (unpaired) electrons. The first-order chi connectivity index (χ1) is 11.0. The molecule has 25 heavy (non-hydrogen) atoms. The predicted octanol–water partition coefficient (Wildman–Crippen LogP) is 2.74. The van der Waals surface area contributed by atoms with E-state index in [0.717, 1.165) is 37.9 Å². The molecule has 1 atom stereocenters. The maximum Gasteiger partial charge on any atom is 0.223 e. The summed E-state index contributed by atoms with van der Waals surface area (Å²) in [6, 6.07) is 5.09. The van der Waals surface area contributed by atoms with E-state index in [1.54, 1.807) is 6.07 Å². The third kappa shape index (κ3) is 5.30. The van der Waals surface area contributed by atoms with E-state index in [1.165, 1.54) is 6.07 Å². The number of nitrogens with one attached hydrogen (secondary N) is 2. The molecule has 1 aromatic rings. The first-order valence-corrected chi connectivity index (χ1v) is 8.41. The van der Waals surface area contributed by atoms with E-state index in [4.69, 9.17) is 0 Å². The molecule has 3 rings (SSSR count). The van der Waals surface area contributed by atoms with E-state index in [-0.39, 0.29) is 47.9 Å². The summed E-state index contributed by atoms with van der Waals surface area (Å²) in [4.78, 5) is 14.3. The maximum atomic E-state index is 13.8. The van der Waals surface area contributed by atoms with Crippen LogP contribution in [-0.4, -0.2) is 38.0 Å². The van der Waals surface area contributed by atoms with Gasteiger partial charge in [0, 0.05) is 24.6 Å². The zero-order valence-electron chi connectivity index (χ0n) is 14.8. The summed E-state index contributed by atoms with van der Waals surface area (Å²) in [7, 11) is 3.83. The van der Waals surface area contributed by atoms with Crippen LogP contribution in [0.1, 0.15) is 30.4 Å². The number of piperidine rings is 1. The van der Waals surface area contributed by atoms with Gasteiger partial charge in [0.15, 0.2) is 0 Å². The van der Waals surface area contributed by atoms with Crippen molar-refractivity contribution in [1.82, 2.24) is 15.5 Å². The van der Waals surface area contributed by atoms with Crippen molar-refractivity contribution in [3.63, 3.8) is 0 Å². The Bertz CT molecular complexity index is 592. The van der Waals surface area contributed by atoms with Gasteiger partial charge in [-0.2, -0.15) is 0 Å². The number of hydrogen-bond donors (Lipinski definition) is 2. The number of nitrogens with zero attached hydrogens (tertiary/aromatic N) is 1. The zero-order chi connectivity index (χ0) is 16.4. The van der Waals surface area contributed by atoms with Gasteiger partial charge in [-0.05, 0) is 69.6 Å². The first kappa shape index (κ1) is 22.2. The molecule has 1 saturated heterocycles. The standard InChI is InChI=1S/C18H26FN3O.2ClH/c1-22(2)12-14-9-13(3-4-16(14)19)11-21-17(23)15-10-18(15)5-7-20-8-6-18;;/h3-4,9,15,20H,5-8,10-12H2,1-2H3,(H,21,23);2*1H. The molecule has 1 spiro atoms. The lowest BCUT2D eigenvalue weighted by Crippen LogP contribution is -2.33. The smallest absolute Gasteiger partial charge is 0.223 e. The van der Waals surface area contributed by atoms with Crippen LogP contribution in [0, 0.1) is 17.2 Å². The Labute approximate surface area is 161 Å². The summed E-state index contributed by atoms with van der Waals surface area (Å²) in [6.07, 6.45) is 3.24. The van der Waals surface area contributed by atoms with Crippen molar-refractivity contribution in [1.29, 1.82) is 0 Å². The Morgan fingerprint density at radius 1 is 1.32 bits per heavy atom. The zero-order valence-corrected chi connectivity index (χ0v) is 16.4. The van der Waals surface area contributed by atoms with Gasteiger partial charge in [-0.15, -0.1) is 24.8 Å². The molecule has 142 valence electrons. The minimum absolute atomic E-state index is 0. The van der Waals surface area contributed by atoms with Gasteiger partial charge in [0.2, 0.25) is 5.91 Å². The van der Waals surface area contributed by atoms with Crippen LogP contribution >= 0.6 is 24.8 Å². The van der Waals surface area contributed by atoms with Crippen LogP contribution in [0.2, 0.25) is 0 Å². The van der Waals surface area contributed by atoms with Gasteiger partial charge in [0.05, 0.1) is 0 Å². The fourth-order valence-electron chi connectivity index (χ4n) is 3.71. The van der Waals surface area contributed by atoms with Crippen LogP contribution in [0.5, 0.6) is 0 Å². The molecule has 0 bridgehead atoms. The lowest BCUT2D eigenvalue weighted by Gasteiger charge is -2.23. The second-order valence-corrected chi connectivity index (χ2v) is 7.25. The Kier molecular flexibility index (Phi) is 8.13. The van der Waals surface area contributed by atoms with Crippen molar-refractivity contribution in [2.45, 2.75) is 32.4 Å². The van der Waals surface area contributed by atoms with Crippen molar-refractivity contribution in [2.75, 3.05) is 27.2 Å². The number of rotatable bonds is 5. The normalized spacial score (nSPS) is 20.6. The molecule has 1 saturated carbocycles. The van der Waals surface area contributed by atoms with Gasteiger partial charge in [-0.3, -0.25) is 4.79 Å². The first-order valence-electron chi connectivity index (χ1n) is 8.41. The molecular formula is C18H28Cl2FN3O. The number of benzene rings is 1. The fraction of sp³-hybridized carbons (Fsp3) is 0.611. The summed E-state index contributed by atoms with van der Waals surface area (Å²) in [5.41, 5.74) is 1.88. The summed E-state index contributed by atoms with van der Waals surface area (Å²) in [5.74, 6) is 0.140. The maximum absolute atomic E-state index is 13.8. The predicted molar refractivity (Wildman–Crippen MR) is 103 cm³/mol. The molecule has 1 heterocycles. The largest absolute Gasteiger partial charge is 0.352 e. The van der Waals surface area contributed by atoms with Crippen LogP contribution in [0.4, 0.5) is 4.39 Å². The third-order valence-electron chi connectivity index (χ3n) is 5.17. The van der Waals surface area contributed by atoms with E-state index >= 15 is 0 Å². The minimum atomic E-state index is -0.190. The molecule has 4 nitrogen and oxygen atoms in total. The van der Waals surface area contributed by atoms with Crippen molar-refractivity contribution >= 4 is 30.7 Å². The second-order valence-electron chi connectivity index (χ2n) is 7.25. The molecule has 1 unspecified atom stereocenters. The lowest BCUT2D eigenvalue weighted by atomic mass is 9.92. The van der Waals surface area contributed by atoms with Crippen molar-refractivity contribution in [3.05, 3.63) is 35.1 Å². The summed E-state index contributed by atoms with van der Waals surface area (Å²) in [6.45, 7) is 3.09. The summed E-state index contributed by atoms with van der Waals surface area (Å²) >= 11 is 0. The monoisotopic (exact) mass is 391 g/mol. The molecule has 1 aliphatic heterocycles. The highest BCUT2D eigenvalue weighted by Gasteiger charge is 2.57. The second kappa shape index (κ2) is 9.17. The van der Waals surface area contributed by atoms with Gasteiger partial charge in [-0.25, -0.2) is 4.39 Å². The Balaban J connectivity index is 0.00000156. The molecule has 0 aromatic heterocycles. The quantitative estimate of drug-likeness (QED) is 0.810. The van der Waals surface area contributed by atoms with Crippen LogP contribution in [-0.2, 0) is 17.9 Å². The average molecular weight is 392 g/mol. The van der Waals surface area contributed by atoms with Crippen LogP contribution in [0.25, 0.3) is 0 Å². The molecule has 1 aliphatic carbocycles. The van der Waals surface area contributed by atoms with E-state index in [2.05, 4.69) is 10.6 Å². The Morgan fingerprint density at radius 3 is 2.64 bits per heavy atom. The molecule has 1 aromatic carbocycles. The van der Waals surface area contributed by atoms with Gasteiger partial charge >= 0.3 is 0 Å². The van der Waals surface area contributed by atoms with Crippen LogP contribution in [0.3, 0.4) is 0 Å². The van der Waals surface area contributed by atoms with Crippen LogP contribution in [0.15, 0.2) is 18.2 Å². The Morgan fingerprint density at radius 2 is 2.00 bits per heavy atom. The molecule has 7 heteroatoms. The Hall–Kier alpha value is -0.880. The van der Waals surface area contributed by atoms with E-state index < -0.39 is 0 Å². The fourth-order valence-corrected chi connectivity index (χ4v) is 3.71. The highest BCUT2D eigenvalue weighted by atomic mass is 35.5. The van der Waals surface area contributed by atoms with E-state index in [0.29, 0.717) is 18.7 Å². The highest BCUT2D eigenvalue weighted by molar-refractivity contribution is 5.85. The SMILES string of the molecule is CN(C)Cc1cc(CNC(=O)C2CC23CCNCC3)ccc1F.Cl.Cl. The topological polar surface area (TPSA) is 44.4 Å². The number of carbonyl (C=O) groups is 1. The molecule has 2 aliphatic rings. The number of halogens is 3. The summed E-state index contributed by atoms with van der Waals surface area (Å²) in [5, 5.41) is 6.39. The van der Waals surface area contributed by atoms with E-state index in [1.807, 2.05) is 25.1 Å². The van der Waals surface area contributed by atoms with E-state index in [9.17, 15) is 9.18 Å². The van der Waals surface area contributed by atoms with Gasteiger partial charge in [0.25, 0.3) is 0 Å². The lowest BCUT2D eigenvalue weighted by molar-refractivity contribution is -0.123. The van der Waals surface area contributed by atoms with Crippen molar-refractivity contribution < 1.29 is 9.18 Å². The van der Waals surface area contributed by atoms with Crippen molar-refractivity contribution in [2.24, 2.45) is 11.3 Å². The average Bonchev–Trinajstić information content (AvgIpc) is 3.21. The molecule has 2 N–H and O–H groups in total. The summed E-state index contributed by atoms with van der Waals surface area (Å²) < 4.78 is 13.8. The van der Waals surface area contributed by atoms with Gasteiger partial charge in [-0.1, -0.05) is 6.07 Å². The molecular weight excluding hydrogens is 364 g/mol. The third-order valence-corrected chi connectivity index (χ3v) is 5.17. The highest BCUT2D eigenvalue weighted by Crippen LogP contribution is 2.58. The minimum Gasteiger partial charge on any atom is -0.352 e. The van der Waals surface area contributed by atoms with Crippen LogP contribution < -0.4 is 10.6 Å². The van der Waals surface area contributed by atoms with Gasteiger partial charge in [0.1, 0.15) is 5.82 Å². The number of amides is 1. The molecule has 2 fully saturated rings. The van der Waals surface area contributed by atoms with Gasteiger partial charge < -0.3 is 15.5 Å². The molecule has 1 amide bonds. The van der Waals surface area contributed by atoms with Crippen molar-refractivity contribution in [3.8, 4) is 0 Å². The number of carbonyl (C=O) groups excluding carboxylic acids is 1.